The number of nitrogens with zero attached hydrogens (tertiary/aromatic N) is 2. The maximum Gasteiger partial charge on any atom is 0.225 e. The summed E-state index contributed by atoms with van der Waals surface area (Å²) >= 11 is 0. The normalized spacial score (nSPS) is 17.1. The largest absolute Gasteiger partial charge is 0.359 e. The zero-order valence-electron chi connectivity index (χ0n) is 20.1. The number of hydrogen-bond donors (Lipinski definition) is 3. The summed E-state index contributed by atoms with van der Waals surface area (Å²) in [6.07, 6.45) is 6.76. The van der Waals surface area contributed by atoms with Gasteiger partial charge in [0.15, 0.2) is 0 Å². The van der Waals surface area contributed by atoms with Gasteiger partial charge >= 0.3 is 0 Å². The number of carbonyl (C=O) groups is 2. The third kappa shape index (κ3) is 6.03. The number of nitrogens with one attached hydrogen (secondary N) is 3. The lowest BCUT2D eigenvalue weighted by Crippen LogP contribution is -2.35. The summed E-state index contributed by atoms with van der Waals surface area (Å²) in [5.74, 6) is 0.981. The molecule has 2 amide bonds. The van der Waals surface area contributed by atoms with Crippen molar-refractivity contribution < 1.29 is 9.59 Å². The van der Waals surface area contributed by atoms with Crippen LogP contribution in [-0.2, 0) is 9.59 Å². The molecule has 1 aliphatic heterocycles. The van der Waals surface area contributed by atoms with E-state index < -0.39 is 0 Å². The van der Waals surface area contributed by atoms with Crippen LogP contribution in [0.3, 0.4) is 0 Å². The van der Waals surface area contributed by atoms with E-state index in [1.165, 1.54) is 10.8 Å². The molecule has 0 saturated carbocycles. The highest BCUT2D eigenvalue weighted by Gasteiger charge is 2.28. The molecule has 2 heterocycles. The number of rotatable bonds is 10. The van der Waals surface area contributed by atoms with Gasteiger partial charge in [0.1, 0.15) is 5.82 Å². The van der Waals surface area contributed by atoms with Crippen LogP contribution in [0.2, 0.25) is 0 Å². The van der Waals surface area contributed by atoms with Crippen molar-refractivity contribution in [1.82, 2.24) is 25.5 Å². The second-order valence-corrected chi connectivity index (χ2v) is 9.33. The molecule has 0 unspecified atom stereocenters. The summed E-state index contributed by atoms with van der Waals surface area (Å²) in [7, 11) is 3.72. The molecule has 0 spiro atoms. The van der Waals surface area contributed by atoms with Crippen LogP contribution in [0.4, 0.5) is 0 Å². The van der Waals surface area contributed by atoms with Gasteiger partial charge in [-0.1, -0.05) is 49.2 Å². The van der Waals surface area contributed by atoms with Gasteiger partial charge in [-0.15, -0.1) is 0 Å². The minimum atomic E-state index is -0.174. The quantitative estimate of drug-likeness (QED) is 0.398. The molecule has 0 radical (unpaired) electrons. The van der Waals surface area contributed by atoms with Crippen molar-refractivity contribution in [3.8, 4) is 11.3 Å². The van der Waals surface area contributed by atoms with Gasteiger partial charge < -0.3 is 20.5 Å². The van der Waals surface area contributed by atoms with Crippen LogP contribution in [0.25, 0.3) is 22.0 Å². The minimum Gasteiger partial charge on any atom is -0.359 e. The Morgan fingerprint density at radius 3 is 2.74 bits per heavy atom. The highest BCUT2D eigenvalue weighted by atomic mass is 16.2. The van der Waals surface area contributed by atoms with E-state index >= 15 is 0 Å². The van der Waals surface area contributed by atoms with Crippen LogP contribution >= 0.6 is 0 Å². The van der Waals surface area contributed by atoms with Gasteiger partial charge in [0.05, 0.1) is 23.9 Å². The number of likely N-dealkylation sites (tertiary alicyclic amines) is 1. The van der Waals surface area contributed by atoms with Gasteiger partial charge in [-0.25, -0.2) is 4.98 Å². The Labute approximate surface area is 201 Å². The maximum absolute atomic E-state index is 13.0. The number of H-pyrrole nitrogens is 1. The summed E-state index contributed by atoms with van der Waals surface area (Å²) in [4.78, 5) is 34.8. The Hall–Kier alpha value is -3.19. The Morgan fingerprint density at radius 2 is 1.97 bits per heavy atom. The highest BCUT2D eigenvalue weighted by Crippen LogP contribution is 2.26. The van der Waals surface area contributed by atoms with Crippen LogP contribution in [0.5, 0.6) is 0 Å². The molecule has 2 aromatic carbocycles. The van der Waals surface area contributed by atoms with Crippen molar-refractivity contribution in [1.29, 1.82) is 0 Å². The first-order valence-electron chi connectivity index (χ1n) is 12.3. The number of hydrogen-bond acceptors (Lipinski definition) is 4. The zero-order valence-corrected chi connectivity index (χ0v) is 20.1. The van der Waals surface area contributed by atoms with E-state index in [0.717, 1.165) is 62.3 Å². The standard InChI is InChI=1S/C27H35N5O2/c1-28-25(33)11-5-3-4-10-23(31-27(34)22-14-15-32(2)18-22)26-29-17-24(30-26)21-13-12-19-8-6-7-9-20(19)16-21/h6-9,12-13,16-17,22-23H,3-5,10-11,14-15,18H2,1-2H3,(H,28,33)(H,29,30)(H,31,34)/t22-,23-/m0/s1. The fraction of sp³-hybridized carbons (Fsp3) is 0.444. The smallest absolute Gasteiger partial charge is 0.225 e. The van der Waals surface area contributed by atoms with E-state index in [1.54, 1.807) is 7.05 Å². The predicted molar refractivity (Wildman–Crippen MR) is 135 cm³/mol. The van der Waals surface area contributed by atoms with Crippen molar-refractivity contribution in [2.24, 2.45) is 5.92 Å². The van der Waals surface area contributed by atoms with Gasteiger partial charge in [-0.3, -0.25) is 9.59 Å². The Morgan fingerprint density at radius 1 is 1.15 bits per heavy atom. The molecule has 4 rings (SSSR count). The lowest BCUT2D eigenvalue weighted by atomic mass is 10.0. The highest BCUT2D eigenvalue weighted by molar-refractivity contribution is 5.86. The molecule has 1 aliphatic rings. The number of aromatic nitrogens is 2. The third-order valence-electron chi connectivity index (χ3n) is 6.74. The maximum atomic E-state index is 13.0. The fourth-order valence-corrected chi connectivity index (χ4v) is 4.67. The van der Waals surface area contributed by atoms with Crippen LogP contribution in [0.15, 0.2) is 48.7 Å². The predicted octanol–water partition coefficient (Wildman–Crippen LogP) is 4.04. The van der Waals surface area contributed by atoms with E-state index in [2.05, 4.69) is 62.9 Å². The first-order chi connectivity index (χ1) is 16.5. The lowest BCUT2D eigenvalue weighted by molar-refractivity contribution is -0.125. The number of imidazole rings is 1. The molecule has 7 heteroatoms. The molecule has 3 aromatic rings. The van der Waals surface area contributed by atoms with Crippen LogP contribution in [-0.4, -0.2) is 53.9 Å². The zero-order chi connectivity index (χ0) is 23.9. The molecule has 1 fully saturated rings. The first kappa shape index (κ1) is 24.0. The molecule has 0 aliphatic carbocycles. The molecule has 1 aromatic heterocycles. The Bertz CT molecular complexity index is 1120. The summed E-state index contributed by atoms with van der Waals surface area (Å²) in [5.41, 5.74) is 2.02. The number of unbranched alkanes of at least 4 members (excludes halogenated alkanes) is 2. The second kappa shape index (κ2) is 11.3. The van der Waals surface area contributed by atoms with Gasteiger partial charge in [0, 0.05) is 25.6 Å². The van der Waals surface area contributed by atoms with Crippen LogP contribution in [0.1, 0.15) is 50.4 Å². The topological polar surface area (TPSA) is 90.1 Å². The van der Waals surface area contributed by atoms with E-state index in [1.807, 2.05) is 18.3 Å². The number of aromatic amines is 1. The van der Waals surface area contributed by atoms with Gasteiger partial charge in [-0.2, -0.15) is 0 Å². The molecular weight excluding hydrogens is 426 g/mol. The second-order valence-electron chi connectivity index (χ2n) is 9.33. The third-order valence-corrected chi connectivity index (χ3v) is 6.74. The van der Waals surface area contributed by atoms with Crippen LogP contribution < -0.4 is 10.6 Å². The Kier molecular flexibility index (Phi) is 7.95. The molecule has 180 valence electrons. The molecular formula is C27H35N5O2. The molecule has 0 bridgehead atoms. The van der Waals surface area contributed by atoms with Gasteiger partial charge in [-0.05, 0) is 49.7 Å². The van der Waals surface area contributed by atoms with Crippen LogP contribution in [0, 0.1) is 5.92 Å². The summed E-state index contributed by atoms with van der Waals surface area (Å²) in [6.45, 7) is 1.75. The molecule has 7 nitrogen and oxygen atoms in total. The number of carbonyl (C=O) groups excluding carboxylic acids is 2. The summed E-state index contributed by atoms with van der Waals surface area (Å²) in [6, 6.07) is 14.5. The lowest BCUT2D eigenvalue weighted by Gasteiger charge is -2.19. The SMILES string of the molecule is CNC(=O)CCCCC[C@H](NC(=O)[C@H]1CCN(C)C1)c1ncc(-c2ccc3ccccc3c2)[nH]1. The average molecular weight is 462 g/mol. The van der Waals surface area contributed by atoms with Crippen molar-refractivity contribution in [3.63, 3.8) is 0 Å². The minimum absolute atomic E-state index is 0.0238. The first-order valence-corrected chi connectivity index (χ1v) is 12.3. The average Bonchev–Trinajstić information content (AvgIpc) is 3.52. The van der Waals surface area contributed by atoms with Crippen molar-refractivity contribution >= 4 is 22.6 Å². The van der Waals surface area contributed by atoms with Gasteiger partial charge in [0.2, 0.25) is 11.8 Å². The molecule has 2 atom stereocenters. The molecule has 3 N–H and O–H groups in total. The monoisotopic (exact) mass is 461 g/mol. The van der Waals surface area contributed by atoms with Crippen molar-refractivity contribution in [2.75, 3.05) is 27.2 Å². The summed E-state index contributed by atoms with van der Waals surface area (Å²) < 4.78 is 0. The summed E-state index contributed by atoms with van der Waals surface area (Å²) in [5, 5.41) is 8.31. The number of amides is 2. The van der Waals surface area contributed by atoms with E-state index in [-0.39, 0.29) is 23.8 Å². The number of benzene rings is 2. The number of fused-ring (bicyclic) bond motifs is 1. The molecule has 34 heavy (non-hydrogen) atoms. The van der Waals surface area contributed by atoms with Crippen molar-refractivity contribution in [3.05, 3.63) is 54.5 Å². The van der Waals surface area contributed by atoms with Crippen molar-refractivity contribution in [2.45, 2.75) is 44.6 Å². The van der Waals surface area contributed by atoms with E-state index in [4.69, 9.17) is 0 Å². The fourth-order valence-electron chi connectivity index (χ4n) is 4.67. The van der Waals surface area contributed by atoms with E-state index in [0.29, 0.717) is 6.42 Å². The van der Waals surface area contributed by atoms with Gasteiger partial charge in [0.25, 0.3) is 0 Å². The molecule has 1 saturated heterocycles. The van der Waals surface area contributed by atoms with E-state index in [9.17, 15) is 9.59 Å². The Balaban J connectivity index is 1.46.